The van der Waals surface area contributed by atoms with Crippen LogP contribution in [0.5, 0.6) is 0 Å². The average molecular weight is 232 g/mol. The minimum absolute atomic E-state index is 0.689. The largest absolute Gasteiger partial charge is 0.380 e. The van der Waals surface area contributed by atoms with Crippen LogP contribution in [-0.2, 0) is 17.8 Å². The first kappa shape index (κ1) is 11.1. The summed E-state index contributed by atoms with van der Waals surface area (Å²) in [4.78, 5) is 2.58. The predicted molar refractivity (Wildman–Crippen MR) is 69.5 cm³/mol. The number of nitrogens with one attached hydrogen (secondary N) is 1. The molecule has 0 spiro atoms. The van der Waals surface area contributed by atoms with Gasteiger partial charge in [-0.3, -0.25) is 0 Å². The van der Waals surface area contributed by atoms with Gasteiger partial charge in [0, 0.05) is 38.5 Å². The van der Waals surface area contributed by atoms with Crippen LogP contribution in [-0.4, -0.2) is 32.8 Å². The number of anilines is 1. The van der Waals surface area contributed by atoms with Crippen molar-refractivity contribution in [3.8, 4) is 0 Å². The number of fused-ring (bicyclic) bond motifs is 3. The summed E-state index contributed by atoms with van der Waals surface area (Å²) in [5.41, 5.74) is 4.31. The smallest absolute Gasteiger partial charge is 0.0716 e. The van der Waals surface area contributed by atoms with Gasteiger partial charge in [0.25, 0.3) is 0 Å². The van der Waals surface area contributed by atoms with Gasteiger partial charge in [-0.25, -0.2) is 0 Å². The van der Waals surface area contributed by atoms with Gasteiger partial charge in [-0.05, 0) is 30.0 Å². The van der Waals surface area contributed by atoms with Crippen LogP contribution in [0.4, 0.5) is 5.69 Å². The molecule has 0 saturated carbocycles. The zero-order chi connectivity index (χ0) is 11.7. The van der Waals surface area contributed by atoms with Crippen molar-refractivity contribution in [3.63, 3.8) is 0 Å². The Hall–Kier alpha value is -1.06. The highest BCUT2D eigenvalue weighted by molar-refractivity contribution is 5.59. The van der Waals surface area contributed by atoms with E-state index in [1.807, 2.05) is 0 Å². The van der Waals surface area contributed by atoms with Crippen LogP contribution in [0.15, 0.2) is 18.2 Å². The van der Waals surface area contributed by atoms with Gasteiger partial charge >= 0.3 is 0 Å². The van der Waals surface area contributed by atoms with Gasteiger partial charge in [0.05, 0.1) is 6.61 Å². The fraction of sp³-hybridized carbons (Fsp3) is 0.571. The fourth-order valence-electron chi connectivity index (χ4n) is 3.12. The molecule has 3 heteroatoms. The van der Waals surface area contributed by atoms with E-state index in [9.17, 15) is 0 Å². The van der Waals surface area contributed by atoms with E-state index in [4.69, 9.17) is 4.74 Å². The van der Waals surface area contributed by atoms with E-state index in [0.29, 0.717) is 6.04 Å². The van der Waals surface area contributed by atoms with Gasteiger partial charge in [-0.2, -0.15) is 0 Å². The van der Waals surface area contributed by atoms with E-state index in [1.54, 1.807) is 7.11 Å². The summed E-state index contributed by atoms with van der Waals surface area (Å²) >= 11 is 0. The lowest BCUT2D eigenvalue weighted by atomic mass is 9.91. The Morgan fingerprint density at radius 1 is 1.47 bits per heavy atom. The Morgan fingerprint density at radius 3 is 3.29 bits per heavy atom. The molecule has 1 fully saturated rings. The first-order valence-corrected chi connectivity index (χ1v) is 6.47. The Morgan fingerprint density at radius 2 is 2.41 bits per heavy atom. The normalized spacial score (nSPS) is 23.1. The van der Waals surface area contributed by atoms with E-state index in [0.717, 1.165) is 26.2 Å². The minimum atomic E-state index is 0.689. The second-order valence-electron chi connectivity index (χ2n) is 4.94. The summed E-state index contributed by atoms with van der Waals surface area (Å²) in [5.74, 6) is 0. The van der Waals surface area contributed by atoms with Crippen LogP contribution in [0.2, 0.25) is 0 Å². The van der Waals surface area contributed by atoms with Crippen molar-refractivity contribution in [2.45, 2.75) is 25.5 Å². The first-order chi connectivity index (χ1) is 8.40. The molecular formula is C14H20N2O. The van der Waals surface area contributed by atoms with E-state index in [2.05, 4.69) is 28.4 Å². The molecule has 0 aliphatic carbocycles. The third-order valence-corrected chi connectivity index (χ3v) is 3.94. The van der Waals surface area contributed by atoms with Crippen LogP contribution < -0.4 is 10.2 Å². The fourth-order valence-corrected chi connectivity index (χ4v) is 3.12. The van der Waals surface area contributed by atoms with E-state index >= 15 is 0 Å². The van der Waals surface area contributed by atoms with Gasteiger partial charge in [0.2, 0.25) is 0 Å². The lowest BCUT2D eigenvalue weighted by molar-refractivity contribution is 0.184. The molecule has 92 valence electrons. The second kappa shape index (κ2) is 4.67. The lowest BCUT2D eigenvalue weighted by Gasteiger charge is -2.43. The van der Waals surface area contributed by atoms with Crippen LogP contribution in [0.1, 0.15) is 17.5 Å². The minimum Gasteiger partial charge on any atom is -0.380 e. The van der Waals surface area contributed by atoms with Crippen LogP contribution in [0.3, 0.4) is 0 Å². The van der Waals surface area contributed by atoms with Gasteiger partial charge in [-0.15, -0.1) is 0 Å². The molecule has 1 atom stereocenters. The Labute approximate surface area is 103 Å². The van der Waals surface area contributed by atoms with Crippen molar-refractivity contribution >= 4 is 5.69 Å². The molecule has 2 aliphatic rings. The number of hydrogen-bond acceptors (Lipinski definition) is 3. The van der Waals surface area contributed by atoms with Crippen molar-refractivity contribution in [3.05, 3.63) is 29.3 Å². The molecule has 3 rings (SSSR count). The maximum Gasteiger partial charge on any atom is 0.0716 e. The van der Waals surface area contributed by atoms with Crippen molar-refractivity contribution < 1.29 is 4.74 Å². The number of piperazine rings is 1. The average Bonchev–Trinajstić information content (AvgIpc) is 2.39. The molecular weight excluding hydrogens is 212 g/mol. The Bertz CT molecular complexity index is 405. The summed E-state index contributed by atoms with van der Waals surface area (Å²) in [7, 11) is 1.77. The van der Waals surface area contributed by atoms with Gasteiger partial charge in [0.1, 0.15) is 0 Å². The molecule has 1 aromatic carbocycles. The highest BCUT2D eigenvalue weighted by Crippen LogP contribution is 2.33. The standard InChI is InChI=1S/C14H20N2O/c1-17-10-11-3-2-4-14-13(11)6-5-12-9-15-7-8-16(12)14/h2-4,12,15H,5-10H2,1H3. The third kappa shape index (κ3) is 1.94. The van der Waals surface area contributed by atoms with Gasteiger partial charge < -0.3 is 15.0 Å². The maximum absolute atomic E-state index is 5.30. The third-order valence-electron chi connectivity index (χ3n) is 3.94. The molecule has 17 heavy (non-hydrogen) atoms. The molecule has 0 radical (unpaired) electrons. The van der Waals surface area contributed by atoms with Gasteiger partial charge in [-0.1, -0.05) is 12.1 Å². The maximum atomic E-state index is 5.30. The lowest BCUT2D eigenvalue weighted by Crippen LogP contribution is -2.53. The number of benzene rings is 1. The van der Waals surface area contributed by atoms with Crippen molar-refractivity contribution in [2.24, 2.45) is 0 Å². The van der Waals surface area contributed by atoms with Crippen LogP contribution in [0.25, 0.3) is 0 Å². The summed E-state index contributed by atoms with van der Waals surface area (Å²) in [6, 6.07) is 7.32. The molecule has 2 aliphatic heterocycles. The number of methoxy groups -OCH3 is 1. The molecule has 2 heterocycles. The Balaban J connectivity index is 1.96. The second-order valence-corrected chi connectivity index (χ2v) is 4.94. The predicted octanol–water partition coefficient (Wildman–Crippen LogP) is 1.56. The van der Waals surface area contributed by atoms with Gasteiger partial charge in [0.15, 0.2) is 0 Å². The van der Waals surface area contributed by atoms with Crippen molar-refractivity contribution in [1.29, 1.82) is 0 Å². The molecule has 1 aromatic rings. The number of hydrogen-bond donors (Lipinski definition) is 1. The number of nitrogens with zero attached hydrogens (tertiary/aromatic N) is 1. The monoisotopic (exact) mass is 232 g/mol. The van der Waals surface area contributed by atoms with Crippen molar-refractivity contribution in [2.75, 3.05) is 31.6 Å². The molecule has 0 bridgehead atoms. The van der Waals surface area contributed by atoms with Crippen molar-refractivity contribution in [1.82, 2.24) is 5.32 Å². The van der Waals surface area contributed by atoms with Crippen LogP contribution in [0, 0.1) is 0 Å². The zero-order valence-corrected chi connectivity index (χ0v) is 10.4. The molecule has 3 nitrogen and oxygen atoms in total. The highest BCUT2D eigenvalue weighted by atomic mass is 16.5. The summed E-state index contributed by atoms with van der Waals surface area (Å²) in [6.07, 6.45) is 2.46. The van der Waals surface area contributed by atoms with E-state index in [1.165, 1.54) is 29.7 Å². The molecule has 1 saturated heterocycles. The molecule has 1 N–H and O–H groups in total. The first-order valence-electron chi connectivity index (χ1n) is 6.47. The quantitative estimate of drug-likeness (QED) is 0.837. The SMILES string of the molecule is COCc1cccc2c1CCC1CNCCN21. The molecule has 0 aromatic heterocycles. The zero-order valence-electron chi connectivity index (χ0n) is 10.4. The van der Waals surface area contributed by atoms with Crippen LogP contribution >= 0.6 is 0 Å². The Kier molecular flexibility index (Phi) is 3.04. The van der Waals surface area contributed by atoms with E-state index in [-0.39, 0.29) is 0 Å². The number of rotatable bonds is 2. The highest BCUT2D eigenvalue weighted by Gasteiger charge is 2.29. The van der Waals surface area contributed by atoms with E-state index < -0.39 is 0 Å². The summed E-state index contributed by atoms with van der Waals surface area (Å²) in [5, 5.41) is 3.49. The summed E-state index contributed by atoms with van der Waals surface area (Å²) < 4.78 is 5.30. The molecule has 0 amide bonds. The molecule has 1 unspecified atom stereocenters. The topological polar surface area (TPSA) is 24.5 Å². The number of ether oxygens (including phenoxy) is 1. The summed E-state index contributed by atoms with van der Waals surface area (Å²) in [6.45, 7) is 4.10.